The number of hydrogen-bond acceptors (Lipinski definition) is 13. The van der Waals surface area contributed by atoms with Gasteiger partial charge in [-0.05, 0) is 178 Å². The summed E-state index contributed by atoms with van der Waals surface area (Å²) in [5.74, 6) is -1.69. The highest BCUT2D eigenvalue weighted by Crippen LogP contribution is 2.53. The van der Waals surface area contributed by atoms with Crippen molar-refractivity contribution in [2.75, 3.05) is 74.0 Å². The van der Waals surface area contributed by atoms with Crippen molar-refractivity contribution in [3.05, 3.63) is 94.6 Å². The molecule has 3 atom stereocenters. The number of nitrogens with zero attached hydrogens (tertiary/aromatic N) is 9. The number of halogens is 1. The summed E-state index contributed by atoms with van der Waals surface area (Å²) in [5.41, 5.74) is 6.17. The van der Waals surface area contributed by atoms with E-state index in [1.807, 2.05) is 41.5 Å². The summed E-state index contributed by atoms with van der Waals surface area (Å²) in [4.78, 5) is 118. The van der Waals surface area contributed by atoms with Gasteiger partial charge >= 0.3 is 0 Å². The Morgan fingerprint density at radius 3 is 2.35 bits per heavy atom. The van der Waals surface area contributed by atoms with E-state index in [9.17, 15) is 28.8 Å². The van der Waals surface area contributed by atoms with Crippen LogP contribution in [0.5, 0.6) is 0 Å². The van der Waals surface area contributed by atoms with E-state index in [0.717, 1.165) is 93.1 Å². The van der Waals surface area contributed by atoms with Gasteiger partial charge < -0.3 is 39.7 Å². The molecule has 3 unspecified atom stereocenters. The molecule has 1 saturated carbocycles. The standard InChI is InChI=1S/C66H79FN12O7/c1-38(2)69-61(82)47-32-51(49(67)27-40(47)5)71-60-59-52(68-37-77(59)39(3)4)33-50(70-60)43-14-15-48-55(29-43)78(45-30-44(31-45)74-22-7-6-8-23-74)65(86)66(48)19-25-75(26-20-66)57(81)28-41-11-10-21-73(34-41)35-42-18-24-76(36-42)53-13-9-12-46-58(53)64(85)79(63(46)84)54-16-17-56(80)72-62(54)83/h9,12-15,27,29,32-33,37-39,41-42,44-45,54H,6-8,10-11,16-26,28,30-31,34-36H2,1-5H3,(H,69,82)(H,70,71)(H,72,80,83). The minimum Gasteiger partial charge on any atom is -0.371 e. The van der Waals surface area contributed by atoms with Crippen molar-refractivity contribution in [2.45, 2.75) is 154 Å². The Morgan fingerprint density at radius 1 is 0.802 bits per heavy atom. The lowest BCUT2D eigenvalue weighted by Gasteiger charge is -2.48. The molecule has 2 aromatic heterocycles. The molecule has 3 N–H and O–H groups in total. The first-order chi connectivity index (χ1) is 41.4. The van der Waals surface area contributed by atoms with Crippen LogP contribution in [0.1, 0.15) is 159 Å². The average molecular weight is 1170 g/mol. The van der Waals surface area contributed by atoms with Crippen LogP contribution in [0.25, 0.3) is 22.3 Å². The van der Waals surface area contributed by atoms with Crippen LogP contribution < -0.4 is 25.8 Å². The van der Waals surface area contributed by atoms with Crippen LogP contribution in [0.4, 0.5) is 27.3 Å². The molecule has 9 heterocycles. The fourth-order valence-corrected chi connectivity index (χ4v) is 15.4. The van der Waals surface area contributed by atoms with Crippen molar-refractivity contribution < 1.29 is 38.0 Å². The molecule has 20 heteroatoms. The van der Waals surface area contributed by atoms with Gasteiger partial charge in [0.15, 0.2) is 5.82 Å². The third-order valence-corrected chi connectivity index (χ3v) is 20.0. The Balaban J connectivity index is 0.700. The Bertz CT molecular complexity index is 3580. The van der Waals surface area contributed by atoms with Crippen molar-refractivity contribution in [1.29, 1.82) is 0 Å². The zero-order valence-corrected chi connectivity index (χ0v) is 50.1. The molecular formula is C66H79FN12O7. The maximum absolute atomic E-state index is 16.0. The van der Waals surface area contributed by atoms with Crippen LogP contribution in [0.2, 0.25) is 0 Å². The van der Waals surface area contributed by atoms with E-state index in [1.165, 1.54) is 25.3 Å². The molecule has 8 aliphatic rings. The van der Waals surface area contributed by atoms with E-state index in [4.69, 9.17) is 9.97 Å². The highest BCUT2D eigenvalue weighted by molar-refractivity contribution is 6.25. The minimum absolute atomic E-state index is 0.0106. The number of aryl methyl sites for hydroxylation is 1. The number of nitrogens with one attached hydrogen (secondary N) is 3. The average Bonchev–Trinajstić information content (AvgIpc) is 2.42. The highest BCUT2D eigenvalue weighted by Gasteiger charge is 2.56. The third-order valence-electron chi connectivity index (χ3n) is 20.0. The summed E-state index contributed by atoms with van der Waals surface area (Å²) in [7, 11) is 0. The molecule has 6 fully saturated rings. The summed E-state index contributed by atoms with van der Waals surface area (Å²) < 4.78 is 18.0. The van der Waals surface area contributed by atoms with Crippen molar-refractivity contribution in [3.63, 3.8) is 0 Å². The summed E-state index contributed by atoms with van der Waals surface area (Å²) >= 11 is 0. The largest absolute Gasteiger partial charge is 0.371 e. The lowest BCUT2D eigenvalue weighted by molar-refractivity contribution is -0.137. The number of hydrogen-bond donors (Lipinski definition) is 3. The summed E-state index contributed by atoms with van der Waals surface area (Å²) in [6.45, 7) is 16.8. The molecule has 452 valence electrons. The molecule has 1 spiro atoms. The molecule has 7 aliphatic heterocycles. The molecule has 0 bridgehead atoms. The fourth-order valence-electron chi connectivity index (χ4n) is 15.4. The summed E-state index contributed by atoms with van der Waals surface area (Å²) in [5, 5.41) is 8.50. The number of anilines is 4. The molecule has 7 amide bonds. The summed E-state index contributed by atoms with van der Waals surface area (Å²) in [6, 6.07) is 15.8. The van der Waals surface area contributed by atoms with Gasteiger partial charge in [0.25, 0.3) is 17.7 Å². The Hall–Kier alpha value is -7.58. The second-order valence-electron chi connectivity index (χ2n) is 26.3. The third kappa shape index (κ3) is 10.4. The van der Waals surface area contributed by atoms with Gasteiger partial charge in [0.2, 0.25) is 23.6 Å². The zero-order valence-electron chi connectivity index (χ0n) is 50.1. The summed E-state index contributed by atoms with van der Waals surface area (Å²) in [6.07, 6.45) is 11.8. The van der Waals surface area contributed by atoms with Crippen molar-refractivity contribution >= 4 is 75.3 Å². The van der Waals surface area contributed by atoms with Gasteiger partial charge in [-0.3, -0.25) is 43.8 Å². The molecule has 13 rings (SSSR count). The van der Waals surface area contributed by atoms with Gasteiger partial charge in [-0.1, -0.05) is 24.6 Å². The first kappa shape index (κ1) is 57.5. The van der Waals surface area contributed by atoms with E-state index < -0.39 is 40.9 Å². The SMILES string of the molecule is Cc1cc(F)c(Nc2nc(-c3ccc4c(c3)N(C3CC(N5CCCCC5)C3)C(=O)C43CCN(C(=O)CC4CCCN(CC5CCN(c6cccc7c6C(=O)N(C6CCC(=O)NC6=O)C7=O)C5)C4)CC3)cc3ncn(C(C)C)c23)cc1C(=O)NC(C)C. The molecule has 86 heavy (non-hydrogen) atoms. The van der Waals surface area contributed by atoms with E-state index in [1.54, 1.807) is 31.5 Å². The van der Waals surface area contributed by atoms with Crippen LogP contribution in [0.15, 0.2) is 60.9 Å². The molecule has 5 aromatic rings. The van der Waals surface area contributed by atoms with Gasteiger partial charge in [0.1, 0.15) is 17.4 Å². The number of carbonyl (C=O) groups is 7. The molecule has 19 nitrogen and oxygen atoms in total. The number of likely N-dealkylation sites (tertiary alicyclic amines) is 3. The topological polar surface area (TPSA) is 206 Å². The molecule has 1 aliphatic carbocycles. The van der Waals surface area contributed by atoms with Crippen molar-refractivity contribution in [3.8, 4) is 11.3 Å². The van der Waals surface area contributed by atoms with Gasteiger partial charge in [-0.25, -0.2) is 14.4 Å². The maximum Gasteiger partial charge on any atom is 0.264 e. The number of aromatic nitrogens is 3. The molecular weight excluding hydrogens is 1090 g/mol. The number of amides is 7. The number of carbonyl (C=O) groups excluding carboxylic acids is 7. The maximum atomic E-state index is 16.0. The van der Waals surface area contributed by atoms with Crippen LogP contribution >= 0.6 is 0 Å². The normalized spacial score (nSPS) is 24.3. The predicted molar refractivity (Wildman–Crippen MR) is 325 cm³/mol. The molecule has 0 radical (unpaired) electrons. The number of pyridine rings is 1. The van der Waals surface area contributed by atoms with Crippen LogP contribution in [-0.2, 0) is 24.6 Å². The van der Waals surface area contributed by atoms with Crippen LogP contribution in [-0.4, -0.2) is 159 Å². The number of piperidine rings is 4. The number of rotatable bonds is 14. The molecule has 5 saturated heterocycles. The lowest BCUT2D eigenvalue weighted by Crippen LogP contribution is -2.58. The van der Waals surface area contributed by atoms with Crippen LogP contribution in [0.3, 0.4) is 0 Å². The predicted octanol–water partition coefficient (Wildman–Crippen LogP) is 8.26. The van der Waals surface area contributed by atoms with E-state index in [0.29, 0.717) is 95.8 Å². The lowest BCUT2D eigenvalue weighted by atomic mass is 9.73. The second-order valence-corrected chi connectivity index (χ2v) is 26.3. The van der Waals surface area contributed by atoms with Crippen molar-refractivity contribution in [1.82, 2.24) is 44.8 Å². The number of imide groups is 2. The monoisotopic (exact) mass is 1170 g/mol. The van der Waals surface area contributed by atoms with Crippen LogP contribution in [0, 0.1) is 24.6 Å². The van der Waals surface area contributed by atoms with Crippen molar-refractivity contribution in [2.24, 2.45) is 11.8 Å². The number of imidazole rings is 1. The zero-order chi connectivity index (χ0) is 59.9. The smallest absolute Gasteiger partial charge is 0.264 e. The second kappa shape index (κ2) is 22.9. The van der Waals surface area contributed by atoms with E-state index >= 15 is 9.18 Å². The Morgan fingerprint density at radius 2 is 1.59 bits per heavy atom. The fraction of sp³-hybridized carbons (Fsp3) is 0.530. The van der Waals surface area contributed by atoms with Gasteiger partial charge in [0, 0.05) is 93.1 Å². The Labute approximate surface area is 501 Å². The number of benzene rings is 3. The highest BCUT2D eigenvalue weighted by atomic mass is 19.1. The van der Waals surface area contributed by atoms with Gasteiger partial charge in [0.05, 0.1) is 45.5 Å². The quantitative estimate of drug-likeness (QED) is 0.0897. The van der Waals surface area contributed by atoms with E-state index in [-0.39, 0.29) is 65.9 Å². The Kier molecular flexibility index (Phi) is 15.3. The molecule has 3 aromatic carbocycles. The first-order valence-electron chi connectivity index (χ1n) is 31.5. The van der Waals surface area contributed by atoms with E-state index in [2.05, 4.69) is 61.5 Å². The van der Waals surface area contributed by atoms with Gasteiger partial charge in [-0.15, -0.1) is 0 Å². The first-order valence-corrected chi connectivity index (χ1v) is 31.5. The minimum atomic E-state index is -1.02. The van der Waals surface area contributed by atoms with Gasteiger partial charge in [-0.2, -0.15) is 0 Å². The number of fused-ring (bicyclic) bond motifs is 4.